The molecular weight excluding hydrogens is 427 g/mol. The number of carbonyl (C=O) groups is 1. The van der Waals surface area contributed by atoms with E-state index in [0.717, 1.165) is 18.3 Å². The predicted octanol–water partition coefficient (Wildman–Crippen LogP) is 3.04. The molecule has 0 saturated carbocycles. The van der Waals surface area contributed by atoms with Gasteiger partial charge in [0.2, 0.25) is 0 Å². The molecule has 2 aromatic heterocycles. The van der Waals surface area contributed by atoms with Crippen molar-refractivity contribution in [2.24, 2.45) is 10.2 Å². The third-order valence-corrected chi connectivity index (χ3v) is 5.15. The van der Waals surface area contributed by atoms with Crippen molar-refractivity contribution in [3.63, 3.8) is 0 Å². The van der Waals surface area contributed by atoms with Gasteiger partial charge in [-0.15, -0.1) is 5.11 Å². The number of azo groups is 1. The minimum Gasteiger partial charge on any atom is -0.377 e. The summed E-state index contributed by atoms with van der Waals surface area (Å²) in [5, 5.41) is 13.1. The lowest BCUT2D eigenvalue weighted by Gasteiger charge is -2.30. The zero-order valence-corrected chi connectivity index (χ0v) is 16.4. The molecule has 2 atom stereocenters. The molecule has 9 nitrogen and oxygen atoms in total. The number of ether oxygens (including phenoxy) is 1. The monoisotopic (exact) mass is 443 g/mol. The molecule has 1 aromatic carbocycles. The van der Waals surface area contributed by atoms with Crippen molar-refractivity contribution in [3.8, 4) is 11.4 Å². The normalized spacial score (nSPS) is 20.0. The second-order valence-electron chi connectivity index (χ2n) is 7.42. The van der Waals surface area contributed by atoms with Crippen molar-refractivity contribution < 1.29 is 22.7 Å². The van der Waals surface area contributed by atoms with Crippen molar-refractivity contribution in [1.29, 1.82) is 0 Å². The summed E-state index contributed by atoms with van der Waals surface area (Å²) in [5.41, 5.74) is 0.664. The average Bonchev–Trinajstić information content (AvgIpc) is 3.13. The minimum absolute atomic E-state index is 0.0858. The molecule has 32 heavy (non-hydrogen) atoms. The fourth-order valence-electron chi connectivity index (χ4n) is 3.64. The molecule has 0 radical (unpaired) electrons. The van der Waals surface area contributed by atoms with Gasteiger partial charge in [-0.2, -0.15) is 5.11 Å². The van der Waals surface area contributed by atoms with Gasteiger partial charge in [-0.1, -0.05) is 0 Å². The van der Waals surface area contributed by atoms with Crippen LogP contribution in [-0.4, -0.2) is 46.2 Å². The van der Waals surface area contributed by atoms with Crippen molar-refractivity contribution in [2.45, 2.75) is 18.5 Å². The Hall–Kier alpha value is -3.80. The number of aromatic nitrogens is 3. The van der Waals surface area contributed by atoms with E-state index in [-0.39, 0.29) is 52.8 Å². The number of nitrogens with one attached hydrogen (secondary N) is 3. The Morgan fingerprint density at radius 2 is 1.97 bits per heavy atom. The van der Waals surface area contributed by atoms with Gasteiger partial charge in [0.05, 0.1) is 43.2 Å². The largest absolute Gasteiger partial charge is 0.377 e. The van der Waals surface area contributed by atoms with Crippen LogP contribution in [0.25, 0.3) is 22.3 Å². The standard InChI is InChI=1S/C20H16F3N7O2/c21-9-1-12-13(4-24-17(12)14(22)2-9)18-25-5-15(23)19(29-18)27-10-3-11(8-32-7-10)28-20(31)16-6-26-30-16/h1-2,4-6,10-11,24H,3,7-8H2,(H,28,31)(H,25,27,29). The molecule has 3 N–H and O–H groups in total. The van der Waals surface area contributed by atoms with E-state index in [1.165, 1.54) is 12.4 Å². The lowest BCUT2D eigenvalue weighted by atomic mass is 10.1. The quantitative estimate of drug-likeness (QED) is 0.561. The van der Waals surface area contributed by atoms with Crippen molar-refractivity contribution >= 4 is 22.6 Å². The highest BCUT2D eigenvalue weighted by molar-refractivity contribution is 5.94. The van der Waals surface area contributed by atoms with E-state index >= 15 is 0 Å². The maximum atomic E-state index is 14.4. The number of carbonyl (C=O) groups excluding carboxylic acids is 1. The van der Waals surface area contributed by atoms with Gasteiger partial charge < -0.3 is 20.4 Å². The van der Waals surface area contributed by atoms with Crippen molar-refractivity contribution in [2.75, 3.05) is 18.5 Å². The van der Waals surface area contributed by atoms with E-state index in [9.17, 15) is 18.0 Å². The number of fused-ring (bicyclic) bond motifs is 1. The summed E-state index contributed by atoms with van der Waals surface area (Å²) < 4.78 is 47.6. The summed E-state index contributed by atoms with van der Waals surface area (Å²) in [6.45, 7) is 0.579. The Morgan fingerprint density at radius 3 is 2.75 bits per heavy atom. The first-order valence-corrected chi connectivity index (χ1v) is 9.73. The fraction of sp³-hybridized carbons (Fsp3) is 0.250. The zero-order chi connectivity index (χ0) is 22.2. The number of H-pyrrole nitrogens is 1. The van der Waals surface area contributed by atoms with Crippen LogP contribution in [-0.2, 0) is 9.53 Å². The number of halogens is 3. The Balaban J connectivity index is 1.35. The Kier molecular flexibility index (Phi) is 5.05. The molecule has 1 saturated heterocycles. The maximum absolute atomic E-state index is 14.4. The van der Waals surface area contributed by atoms with Crippen LogP contribution in [0, 0.1) is 17.5 Å². The van der Waals surface area contributed by atoms with E-state index < -0.39 is 17.5 Å². The lowest BCUT2D eigenvalue weighted by molar-refractivity contribution is -0.119. The molecule has 0 aliphatic carbocycles. The number of benzene rings is 1. The van der Waals surface area contributed by atoms with Crippen LogP contribution in [0.1, 0.15) is 6.42 Å². The first kappa shape index (κ1) is 20.1. The summed E-state index contributed by atoms with van der Waals surface area (Å²) >= 11 is 0. The van der Waals surface area contributed by atoms with Crippen LogP contribution in [0.3, 0.4) is 0 Å². The third-order valence-electron chi connectivity index (χ3n) is 5.15. The molecule has 164 valence electrons. The van der Waals surface area contributed by atoms with Gasteiger partial charge >= 0.3 is 0 Å². The second kappa shape index (κ2) is 8.04. The molecule has 2 aliphatic rings. The highest BCUT2D eigenvalue weighted by Crippen LogP contribution is 2.30. The van der Waals surface area contributed by atoms with Crippen LogP contribution >= 0.6 is 0 Å². The van der Waals surface area contributed by atoms with Gasteiger partial charge in [-0.3, -0.25) is 4.79 Å². The molecule has 4 heterocycles. The zero-order valence-electron chi connectivity index (χ0n) is 16.4. The Labute approximate surface area is 178 Å². The Morgan fingerprint density at radius 1 is 1.16 bits per heavy atom. The summed E-state index contributed by atoms with van der Waals surface area (Å²) in [4.78, 5) is 22.9. The molecule has 1 fully saturated rings. The molecule has 2 aliphatic heterocycles. The molecule has 5 rings (SSSR count). The molecular formula is C20H16F3N7O2. The van der Waals surface area contributed by atoms with Crippen molar-refractivity contribution in [1.82, 2.24) is 20.3 Å². The molecule has 2 unspecified atom stereocenters. The number of hydrogen-bond acceptors (Lipinski definition) is 7. The molecule has 3 aromatic rings. The second-order valence-corrected chi connectivity index (χ2v) is 7.42. The van der Waals surface area contributed by atoms with Gasteiger partial charge in [-0.25, -0.2) is 23.1 Å². The fourth-order valence-corrected chi connectivity index (χ4v) is 3.64. The molecule has 12 heteroatoms. The van der Waals surface area contributed by atoms with Gasteiger partial charge in [0.25, 0.3) is 5.91 Å². The number of aromatic amines is 1. The third kappa shape index (κ3) is 3.80. The molecule has 0 spiro atoms. The first-order valence-electron chi connectivity index (χ1n) is 9.73. The number of nitrogens with zero attached hydrogens (tertiary/aromatic N) is 4. The minimum atomic E-state index is -0.752. The summed E-state index contributed by atoms with van der Waals surface area (Å²) in [7, 11) is 0. The summed E-state index contributed by atoms with van der Waals surface area (Å²) in [6, 6.07) is 1.27. The highest BCUT2D eigenvalue weighted by Gasteiger charge is 2.27. The SMILES string of the molecule is O=C(NC1COCC(Nc2nc(-c3c[nH]c4c(F)cc(F)cc34)ncc2F)C1)C1=CN=N1. The number of hydrogen-bond donors (Lipinski definition) is 3. The van der Waals surface area contributed by atoms with E-state index in [1.807, 2.05) is 0 Å². The smallest absolute Gasteiger partial charge is 0.273 e. The lowest BCUT2D eigenvalue weighted by Crippen LogP contribution is -2.47. The highest BCUT2D eigenvalue weighted by atomic mass is 19.1. The first-order chi connectivity index (χ1) is 15.5. The average molecular weight is 443 g/mol. The number of rotatable bonds is 5. The van der Waals surface area contributed by atoms with E-state index in [2.05, 4.69) is 35.8 Å². The van der Waals surface area contributed by atoms with E-state index in [4.69, 9.17) is 4.74 Å². The van der Waals surface area contributed by atoms with Crippen LogP contribution in [0.2, 0.25) is 0 Å². The van der Waals surface area contributed by atoms with Crippen LogP contribution in [0.15, 0.2) is 46.7 Å². The van der Waals surface area contributed by atoms with Gasteiger partial charge in [0.15, 0.2) is 23.2 Å². The maximum Gasteiger partial charge on any atom is 0.273 e. The van der Waals surface area contributed by atoms with Crippen molar-refractivity contribution in [3.05, 3.63) is 53.9 Å². The molecule has 0 bridgehead atoms. The van der Waals surface area contributed by atoms with E-state index in [0.29, 0.717) is 18.6 Å². The predicted molar refractivity (Wildman–Crippen MR) is 107 cm³/mol. The number of anilines is 1. The van der Waals surface area contributed by atoms with E-state index in [1.54, 1.807) is 0 Å². The van der Waals surface area contributed by atoms with Crippen LogP contribution < -0.4 is 10.6 Å². The Bertz CT molecular complexity index is 1270. The topological polar surface area (TPSA) is 117 Å². The van der Waals surface area contributed by atoms with Gasteiger partial charge in [-0.05, 0) is 12.5 Å². The summed E-state index contributed by atoms with van der Waals surface area (Å²) in [5.74, 6) is -2.55. The van der Waals surface area contributed by atoms with Gasteiger partial charge in [0, 0.05) is 23.2 Å². The molecule has 1 amide bonds. The van der Waals surface area contributed by atoms with Crippen LogP contribution in [0.5, 0.6) is 0 Å². The summed E-state index contributed by atoms with van der Waals surface area (Å²) in [6.07, 6.45) is 4.23. The van der Waals surface area contributed by atoms with Gasteiger partial charge in [0.1, 0.15) is 11.6 Å². The number of amides is 1. The van der Waals surface area contributed by atoms with Crippen LogP contribution in [0.4, 0.5) is 19.0 Å².